The van der Waals surface area contributed by atoms with Crippen molar-refractivity contribution in [3.63, 3.8) is 0 Å². The number of allylic oxidation sites excluding steroid dienone is 4. The van der Waals surface area contributed by atoms with Crippen molar-refractivity contribution in [2.75, 3.05) is 4.90 Å². The van der Waals surface area contributed by atoms with E-state index in [1.54, 1.807) is 0 Å². The van der Waals surface area contributed by atoms with Gasteiger partial charge in [-0.25, -0.2) is 0 Å². The standard InChI is InChI=1S/C18H15N/c1-15-9-7-8-14-19(16-10-3-2-4-11-16)18-13-6-5-12-17(15)18/h2-14H,1H2/b9-7-,14-8-. The molecule has 1 aliphatic rings. The van der Waals surface area contributed by atoms with Gasteiger partial charge in [0.15, 0.2) is 0 Å². The molecule has 0 spiro atoms. The van der Waals surface area contributed by atoms with Crippen LogP contribution >= 0.6 is 0 Å². The van der Waals surface area contributed by atoms with E-state index in [1.807, 2.05) is 30.4 Å². The molecule has 0 saturated carbocycles. The minimum Gasteiger partial charge on any atom is -0.317 e. The van der Waals surface area contributed by atoms with Gasteiger partial charge in [-0.2, -0.15) is 0 Å². The molecule has 0 saturated heterocycles. The van der Waals surface area contributed by atoms with E-state index in [-0.39, 0.29) is 0 Å². The van der Waals surface area contributed by atoms with Crippen molar-refractivity contribution in [1.29, 1.82) is 0 Å². The Morgan fingerprint density at radius 2 is 1.53 bits per heavy atom. The van der Waals surface area contributed by atoms with Crippen LogP contribution in [0.3, 0.4) is 0 Å². The van der Waals surface area contributed by atoms with Crippen LogP contribution in [0.25, 0.3) is 5.57 Å². The Labute approximate surface area is 113 Å². The van der Waals surface area contributed by atoms with E-state index in [9.17, 15) is 0 Å². The van der Waals surface area contributed by atoms with Gasteiger partial charge in [-0.3, -0.25) is 0 Å². The molecular weight excluding hydrogens is 230 g/mol. The molecule has 0 fully saturated rings. The molecule has 0 radical (unpaired) electrons. The maximum atomic E-state index is 4.14. The predicted octanol–water partition coefficient (Wildman–Crippen LogP) is 4.92. The van der Waals surface area contributed by atoms with Gasteiger partial charge < -0.3 is 4.90 Å². The number of fused-ring (bicyclic) bond motifs is 1. The topological polar surface area (TPSA) is 3.24 Å². The summed E-state index contributed by atoms with van der Waals surface area (Å²) in [7, 11) is 0. The monoisotopic (exact) mass is 245 g/mol. The van der Waals surface area contributed by atoms with Crippen LogP contribution in [-0.4, -0.2) is 0 Å². The molecule has 0 aromatic heterocycles. The van der Waals surface area contributed by atoms with Crippen LogP contribution in [0.4, 0.5) is 11.4 Å². The average Bonchev–Trinajstić information content (AvgIpc) is 2.46. The molecule has 92 valence electrons. The van der Waals surface area contributed by atoms with Crippen LogP contribution in [0.2, 0.25) is 0 Å². The molecule has 1 heterocycles. The van der Waals surface area contributed by atoms with Crippen LogP contribution < -0.4 is 4.90 Å². The van der Waals surface area contributed by atoms with E-state index in [0.29, 0.717) is 0 Å². The first-order chi connectivity index (χ1) is 9.36. The lowest BCUT2D eigenvalue weighted by Crippen LogP contribution is -2.10. The SMILES string of the molecule is C=C1/C=C\C=C/N(c2ccccc2)c2ccccc21. The molecule has 2 aromatic rings. The zero-order chi connectivity index (χ0) is 13.1. The highest BCUT2D eigenvalue weighted by molar-refractivity contribution is 5.85. The molecule has 0 bridgehead atoms. The smallest absolute Gasteiger partial charge is 0.0533 e. The van der Waals surface area contributed by atoms with E-state index in [1.165, 1.54) is 0 Å². The van der Waals surface area contributed by atoms with E-state index in [0.717, 1.165) is 22.5 Å². The molecule has 1 aliphatic heterocycles. The number of benzene rings is 2. The maximum Gasteiger partial charge on any atom is 0.0533 e. The number of rotatable bonds is 1. The van der Waals surface area contributed by atoms with E-state index in [4.69, 9.17) is 0 Å². The number of para-hydroxylation sites is 2. The van der Waals surface area contributed by atoms with Crippen molar-refractivity contribution in [2.45, 2.75) is 0 Å². The van der Waals surface area contributed by atoms with Crippen LogP contribution in [0.1, 0.15) is 5.56 Å². The first-order valence-corrected chi connectivity index (χ1v) is 6.34. The summed E-state index contributed by atoms with van der Waals surface area (Å²) < 4.78 is 0. The Kier molecular flexibility index (Phi) is 3.03. The number of anilines is 2. The Morgan fingerprint density at radius 1 is 0.789 bits per heavy atom. The Balaban J connectivity index is 2.19. The molecule has 19 heavy (non-hydrogen) atoms. The quantitative estimate of drug-likeness (QED) is 0.689. The number of nitrogens with zero attached hydrogens (tertiary/aromatic N) is 1. The summed E-state index contributed by atoms with van der Waals surface area (Å²) in [5.41, 5.74) is 4.49. The maximum absolute atomic E-state index is 4.14. The Bertz CT molecular complexity index is 650. The van der Waals surface area contributed by atoms with Gasteiger partial charge in [0, 0.05) is 17.5 Å². The van der Waals surface area contributed by atoms with Crippen molar-refractivity contribution >= 4 is 16.9 Å². The molecule has 3 rings (SSSR count). The second kappa shape index (κ2) is 4.99. The highest BCUT2D eigenvalue weighted by Gasteiger charge is 2.12. The lowest BCUT2D eigenvalue weighted by atomic mass is 10.0. The van der Waals surface area contributed by atoms with Gasteiger partial charge in [0.25, 0.3) is 0 Å². The third-order valence-corrected chi connectivity index (χ3v) is 3.19. The van der Waals surface area contributed by atoms with Crippen molar-refractivity contribution in [1.82, 2.24) is 0 Å². The highest BCUT2D eigenvalue weighted by Crippen LogP contribution is 2.33. The van der Waals surface area contributed by atoms with Crippen molar-refractivity contribution < 1.29 is 0 Å². The van der Waals surface area contributed by atoms with Gasteiger partial charge in [0.05, 0.1) is 5.69 Å². The molecule has 0 amide bonds. The fraction of sp³-hybridized carbons (Fsp3) is 0. The van der Waals surface area contributed by atoms with E-state index >= 15 is 0 Å². The second-order valence-corrected chi connectivity index (χ2v) is 4.45. The fourth-order valence-corrected chi connectivity index (χ4v) is 2.25. The molecule has 0 atom stereocenters. The number of hydrogen-bond donors (Lipinski definition) is 0. The Hall–Kier alpha value is -2.54. The van der Waals surface area contributed by atoms with E-state index < -0.39 is 0 Å². The van der Waals surface area contributed by atoms with E-state index in [2.05, 4.69) is 60.1 Å². The van der Waals surface area contributed by atoms with Crippen molar-refractivity contribution in [2.24, 2.45) is 0 Å². The van der Waals surface area contributed by atoms with Gasteiger partial charge >= 0.3 is 0 Å². The summed E-state index contributed by atoms with van der Waals surface area (Å²) in [6.45, 7) is 4.14. The van der Waals surface area contributed by atoms with Crippen molar-refractivity contribution in [3.8, 4) is 0 Å². The van der Waals surface area contributed by atoms with Gasteiger partial charge in [0.1, 0.15) is 0 Å². The summed E-state index contributed by atoms with van der Waals surface area (Å²) in [5.74, 6) is 0. The molecule has 0 unspecified atom stereocenters. The molecule has 1 heteroatoms. The summed E-state index contributed by atoms with van der Waals surface area (Å²) >= 11 is 0. The Morgan fingerprint density at radius 3 is 2.37 bits per heavy atom. The molecular formula is C18H15N. The largest absolute Gasteiger partial charge is 0.317 e. The summed E-state index contributed by atoms with van der Waals surface area (Å²) in [6, 6.07) is 18.7. The van der Waals surface area contributed by atoms with Gasteiger partial charge in [-0.1, -0.05) is 55.1 Å². The minimum atomic E-state index is 1.03. The molecule has 0 N–H and O–H groups in total. The highest BCUT2D eigenvalue weighted by atomic mass is 15.1. The summed E-state index contributed by atoms with van der Waals surface area (Å²) in [5, 5.41) is 0. The van der Waals surface area contributed by atoms with Crippen LogP contribution in [-0.2, 0) is 0 Å². The van der Waals surface area contributed by atoms with Crippen molar-refractivity contribution in [3.05, 3.63) is 91.2 Å². The zero-order valence-electron chi connectivity index (χ0n) is 10.7. The zero-order valence-corrected chi connectivity index (χ0v) is 10.7. The lowest BCUT2D eigenvalue weighted by molar-refractivity contribution is 1.27. The van der Waals surface area contributed by atoms with Crippen LogP contribution in [0.5, 0.6) is 0 Å². The van der Waals surface area contributed by atoms with Crippen LogP contribution in [0.15, 0.2) is 85.6 Å². The fourth-order valence-electron chi connectivity index (χ4n) is 2.25. The van der Waals surface area contributed by atoms with Gasteiger partial charge in [-0.15, -0.1) is 0 Å². The first-order valence-electron chi connectivity index (χ1n) is 6.34. The summed E-state index contributed by atoms with van der Waals surface area (Å²) in [4.78, 5) is 2.18. The number of hydrogen-bond acceptors (Lipinski definition) is 1. The normalized spacial score (nSPS) is 17.3. The summed E-state index contributed by atoms with van der Waals surface area (Å²) in [6.07, 6.45) is 8.18. The van der Waals surface area contributed by atoms with Gasteiger partial charge in [0.2, 0.25) is 0 Å². The molecule has 2 aromatic carbocycles. The average molecular weight is 245 g/mol. The predicted molar refractivity (Wildman–Crippen MR) is 82.3 cm³/mol. The van der Waals surface area contributed by atoms with Gasteiger partial charge in [-0.05, 0) is 29.8 Å². The van der Waals surface area contributed by atoms with Crippen LogP contribution in [0, 0.1) is 0 Å². The second-order valence-electron chi connectivity index (χ2n) is 4.45. The lowest BCUT2D eigenvalue weighted by Gasteiger charge is -2.24. The first kappa shape index (κ1) is 11.5. The molecule has 0 aliphatic carbocycles. The third-order valence-electron chi connectivity index (χ3n) is 3.19. The minimum absolute atomic E-state index is 1.03. The molecule has 1 nitrogen and oxygen atoms in total. The third kappa shape index (κ3) is 2.23.